The summed E-state index contributed by atoms with van der Waals surface area (Å²) in [6.45, 7) is 1.93. The van der Waals surface area contributed by atoms with Crippen LogP contribution in [0, 0.1) is 6.92 Å². The van der Waals surface area contributed by atoms with Crippen molar-refractivity contribution in [3.8, 4) is 0 Å². The van der Waals surface area contributed by atoms with Gasteiger partial charge in [-0.1, -0.05) is 11.6 Å². The van der Waals surface area contributed by atoms with Crippen molar-refractivity contribution in [2.24, 2.45) is 0 Å². The number of carbonyl (C=O) groups is 1. The average Bonchev–Trinajstić information content (AvgIpc) is 2.32. The van der Waals surface area contributed by atoms with Crippen LogP contribution in [-0.4, -0.2) is 10.8 Å². The van der Waals surface area contributed by atoms with Gasteiger partial charge in [-0.3, -0.25) is 4.79 Å². The highest BCUT2D eigenvalue weighted by Gasteiger charge is 2.11. The number of aryl methyl sites for hydroxylation is 1. The zero-order valence-corrected chi connectivity index (χ0v) is 10.2. The fourth-order valence-corrected chi connectivity index (χ4v) is 1.80. The Morgan fingerprint density at radius 3 is 2.72 bits per heavy atom. The number of hydrogen-bond donors (Lipinski definition) is 2. The third-order valence-corrected chi connectivity index (χ3v) is 2.72. The molecule has 0 fully saturated rings. The Bertz CT molecular complexity index is 593. The number of nitrogens with two attached hydrogens (primary N) is 2. The number of hydrogen-bond acceptors (Lipinski definition) is 4. The molecule has 0 radical (unpaired) electrons. The van der Waals surface area contributed by atoms with Crippen LogP contribution < -0.4 is 11.5 Å². The summed E-state index contributed by atoms with van der Waals surface area (Å²) in [6.07, 6.45) is 1.87. The van der Waals surface area contributed by atoms with Gasteiger partial charge in [0.25, 0.3) is 0 Å². The summed E-state index contributed by atoms with van der Waals surface area (Å²) in [7, 11) is 0. The van der Waals surface area contributed by atoms with E-state index in [0.29, 0.717) is 17.1 Å². The predicted molar refractivity (Wildman–Crippen MR) is 72.3 cm³/mol. The molecule has 2 rings (SSSR count). The third-order valence-electron chi connectivity index (χ3n) is 2.72. The number of ketones is 1. The molecule has 4 nitrogen and oxygen atoms in total. The lowest BCUT2D eigenvalue weighted by atomic mass is 10.0. The van der Waals surface area contributed by atoms with Crippen molar-refractivity contribution in [1.82, 2.24) is 4.98 Å². The molecule has 0 aliphatic heterocycles. The van der Waals surface area contributed by atoms with Crippen molar-refractivity contribution in [2.75, 3.05) is 11.5 Å². The first-order valence-electron chi connectivity index (χ1n) is 5.66. The van der Waals surface area contributed by atoms with E-state index in [1.54, 1.807) is 24.4 Å². The number of aromatic nitrogens is 1. The minimum absolute atomic E-state index is 0.0122. The van der Waals surface area contributed by atoms with Crippen molar-refractivity contribution >= 4 is 17.3 Å². The minimum atomic E-state index is -0.0122. The van der Waals surface area contributed by atoms with Crippen LogP contribution in [0.4, 0.5) is 11.5 Å². The van der Waals surface area contributed by atoms with Crippen LogP contribution in [0.1, 0.15) is 21.5 Å². The molecule has 18 heavy (non-hydrogen) atoms. The number of benzene rings is 1. The molecule has 2 aromatic rings. The molecule has 4 N–H and O–H groups in total. The number of nitrogens with zero attached hydrogens (tertiary/aromatic N) is 1. The van der Waals surface area contributed by atoms with Gasteiger partial charge < -0.3 is 11.5 Å². The van der Waals surface area contributed by atoms with E-state index in [1.807, 2.05) is 19.1 Å². The number of carbonyl (C=O) groups excluding carboxylic acids is 1. The SMILES string of the molecule is Cc1ccc(N)c(C(=O)Cc2ccnc(N)c2)c1. The first-order valence-corrected chi connectivity index (χ1v) is 5.66. The van der Waals surface area contributed by atoms with Gasteiger partial charge in [0.2, 0.25) is 0 Å². The summed E-state index contributed by atoms with van der Waals surface area (Å²) in [5.74, 6) is 0.402. The van der Waals surface area contributed by atoms with Gasteiger partial charge in [0, 0.05) is 23.9 Å². The Balaban J connectivity index is 2.24. The van der Waals surface area contributed by atoms with Crippen LogP contribution in [0.3, 0.4) is 0 Å². The summed E-state index contributed by atoms with van der Waals surface area (Å²) in [4.78, 5) is 16.1. The molecule has 0 saturated carbocycles. The van der Waals surface area contributed by atoms with Gasteiger partial charge in [-0.2, -0.15) is 0 Å². The first kappa shape index (κ1) is 12.1. The van der Waals surface area contributed by atoms with Crippen LogP contribution in [0.5, 0.6) is 0 Å². The maximum atomic E-state index is 12.2. The Morgan fingerprint density at radius 1 is 1.22 bits per heavy atom. The van der Waals surface area contributed by atoms with Crippen molar-refractivity contribution in [3.63, 3.8) is 0 Å². The van der Waals surface area contributed by atoms with Gasteiger partial charge in [-0.15, -0.1) is 0 Å². The maximum Gasteiger partial charge on any atom is 0.169 e. The molecule has 0 aliphatic carbocycles. The number of pyridine rings is 1. The predicted octanol–water partition coefficient (Wildman–Crippen LogP) is 1.98. The Kier molecular flexibility index (Phi) is 3.28. The lowest BCUT2D eigenvalue weighted by molar-refractivity contribution is 0.0994. The quantitative estimate of drug-likeness (QED) is 0.636. The average molecular weight is 241 g/mol. The van der Waals surface area contributed by atoms with E-state index < -0.39 is 0 Å². The fourth-order valence-electron chi connectivity index (χ4n) is 1.80. The number of Topliss-reactive ketones (excluding diaryl/α,β-unsaturated/α-hetero) is 1. The monoisotopic (exact) mass is 241 g/mol. The zero-order chi connectivity index (χ0) is 13.1. The minimum Gasteiger partial charge on any atom is -0.398 e. The highest BCUT2D eigenvalue weighted by atomic mass is 16.1. The molecule has 0 aliphatic rings. The van der Waals surface area contributed by atoms with Gasteiger partial charge in [-0.25, -0.2) is 4.98 Å². The summed E-state index contributed by atoms with van der Waals surface area (Å²) in [5, 5.41) is 0. The highest BCUT2D eigenvalue weighted by molar-refractivity contribution is 6.02. The van der Waals surface area contributed by atoms with E-state index in [4.69, 9.17) is 11.5 Å². The molecule has 1 aromatic carbocycles. The normalized spacial score (nSPS) is 10.3. The molecular weight excluding hydrogens is 226 g/mol. The van der Waals surface area contributed by atoms with E-state index in [1.165, 1.54) is 0 Å². The van der Waals surface area contributed by atoms with E-state index in [2.05, 4.69) is 4.98 Å². The van der Waals surface area contributed by atoms with Crippen molar-refractivity contribution in [3.05, 3.63) is 53.2 Å². The molecule has 1 aromatic heterocycles. The lowest BCUT2D eigenvalue weighted by Gasteiger charge is -2.06. The van der Waals surface area contributed by atoms with Crippen molar-refractivity contribution < 1.29 is 4.79 Å². The van der Waals surface area contributed by atoms with Crippen LogP contribution in [0.2, 0.25) is 0 Å². The second-order valence-corrected chi connectivity index (χ2v) is 4.28. The maximum absolute atomic E-state index is 12.2. The van der Waals surface area contributed by atoms with E-state index in [0.717, 1.165) is 11.1 Å². The Labute approximate surface area is 106 Å². The summed E-state index contributed by atoms with van der Waals surface area (Å²) in [6, 6.07) is 8.92. The van der Waals surface area contributed by atoms with Crippen LogP contribution in [-0.2, 0) is 6.42 Å². The Hall–Kier alpha value is -2.36. The van der Waals surface area contributed by atoms with Gasteiger partial charge >= 0.3 is 0 Å². The molecule has 0 spiro atoms. The van der Waals surface area contributed by atoms with Gasteiger partial charge in [0.1, 0.15) is 5.82 Å². The number of anilines is 2. The second kappa shape index (κ2) is 4.87. The molecule has 92 valence electrons. The van der Waals surface area contributed by atoms with E-state index in [-0.39, 0.29) is 12.2 Å². The second-order valence-electron chi connectivity index (χ2n) is 4.28. The molecule has 0 bridgehead atoms. The molecule has 4 heteroatoms. The summed E-state index contributed by atoms with van der Waals surface area (Å²) < 4.78 is 0. The van der Waals surface area contributed by atoms with E-state index >= 15 is 0 Å². The number of rotatable bonds is 3. The smallest absolute Gasteiger partial charge is 0.169 e. The van der Waals surface area contributed by atoms with Crippen LogP contribution in [0.25, 0.3) is 0 Å². The van der Waals surface area contributed by atoms with Gasteiger partial charge in [0.05, 0.1) is 0 Å². The molecule has 1 heterocycles. The Morgan fingerprint density at radius 2 is 2.00 bits per heavy atom. The van der Waals surface area contributed by atoms with E-state index in [9.17, 15) is 4.79 Å². The van der Waals surface area contributed by atoms with Crippen LogP contribution >= 0.6 is 0 Å². The lowest BCUT2D eigenvalue weighted by Crippen LogP contribution is -2.08. The third kappa shape index (κ3) is 2.66. The molecule has 0 unspecified atom stereocenters. The molecule has 0 amide bonds. The zero-order valence-electron chi connectivity index (χ0n) is 10.2. The molecular formula is C14H15N3O. The van der Waals surface area contributed by atoms with Gasteiger partial charge in [0.15, 0.2) is 5.78 Å². The van der Waals surface area contributed by atoms with Gasteiger partial charge in [-0.05, 0) is 36.8 Å². The summed E-state index contributed by atoms with van der Waals surface area (Å²) >= 11 is 0. The van der Waals surface area contributed by atoms with Crippen molar-refractivity contribution in [1.29, 1.82) is 0 Å². The fraction of sp³-hybridized carbons (Fsp3) is 0.143. The topological polar surface area (TPSA) is 82.0 Å². The first-order chi connectivity index (χ1) is 8.56. The number of nitrogen functional groups attached to an aromatic ring is 2. The summed E-state index contributed by atoms with van der Waals surface area (Å²) in [5.41, 5.74) is 14.3. The molecule has 0 atom stereocenters. The molecule has 0 saturated heterocycles. The van der Waals surface area contributed by atoms with Crippen molar-refractivity contribution in [2.45, 2.75) is 13.3 Å². The standard InChI is InChI=1S/C14H15N3O/c1-9-2-3-12(15)11(6-9)13(18)7-10-4-5-17-14(16)8-10/h2-6,8H,7,15H2,1H3,(H2,16,17). The van der Waals surface area contributed by atoms with Crippen LogP contribution in [0.15, 0.2) is 36.5 Å². The largest absolute Gasteiger partial charge is 0.398 e. The highest BCUT2D eigenvalue weighted by Crippen LogP contribution is 2.17.